The molecule has 21 heavy (non-hydrogen) atoms. The second kappa shape index (κ2) is 8.67. The predicted molar refractivity (Wildman–Crippen MR) is 88.7 cm³/mol. The third-order valence-electron chi connectivity index (χ3n) is 4.02. The Morgan fingerprint density at radius 1 is 1.19 bits per heavy atom. The molecule has 118 valence electrons. The molecule has 0 aliphatic carbocycles. The Kier molecular flexibility index (Phi) is 7.23. The fourth-order valence-corrected chi connectivity index (χ4v) is 2.29. The Labute approximate surface area is 128 Å². The van der Waals surface area contributed by atoms with Crippen molar-refractivity contribution in [2.45, 2.75) is 39.5 Å². The lowest BCUT2D eigenvalue weighted by Crippen LogP contribution is -2.32. The lowest BCUT2D eigenvalue weighted by atomic mass is 9.86. The standard InChI is InChI=1S/C17H29N3O/c1-17(2,16(18)19-21)12-7-8-13-20(3)14-11-15-9-5-4-6-10-15/h4-6,9-10,21H,7-8,11-14H2,1-3H3,(H2,18,19). The van der Waals surface area contributed by atoms with Crippen LogP contribution in [0.1, 0.15) is 38.7 Å². The number of benzene rings is 1. The van der Waals surface area contributed by atoms with E-state index in [9.17, 15) is 0 Å². The SMILES string of the molecule is CN(CCCCC(C)(C)/C(N)=N/O)CCc1ccccc1. The maximum Gasteiger partial charge on any atom is 0.144 e. The maximum absolute atomic E-state index is 8.75. The summed E-state index contributed by atoms with van der Waals surface area (Å²) in [5.74, 6) is 0.319. The van der Waals surface area contributed by atoms with E-state index in [0.717, 1.165) is 38.8 Å². The molecule has 1 rings (SSSR count). The minimum absolute atomic E-state index is 0.225. The van der Waals surface area contributed by atoms with Crippen molar-refractivity contribution < 1.29 is 5.21 Å². The molecule has 0 unspecified atom stereocenters. The third kappa shape index (κ3) is 6.63. The third-order valence-corrected chi connectivity index (χ3v) is 4.02. The van der Waals surface area contributed by atoms with Crippen molar-refractivity contribution in [3.05, 3.63) is 35.9 Å². The van der Waals surface area contributed by atoms with Crippen LogP contribution in [0.2, 0.25) is 0 Å². The number of amidine groups is 1. The van der Waals surface area contributed by atoms with Gasteiger partial charge < -0.3 is 15.8 Å². The highest BCUT2D eigenvalue weighted by Gasteiger charge is 2.22. The van der Waals surface area contributed by atoms with Crippen LogP contribution >= 0.6 is 0 Å². The van der Waals surface area contributed by atoms with Crippen LogP contribution in [0.5, 0.6) is 0 Å². The van der Waals surface area contributed by atoms with E-state index in [1.165, 1.54) is 5.56 Å². The van der Waals surface area contributed by atoms with Crippen LogP contribution in [0.4, 0.5) is 0 Å². The fourth-order valence-electron chi connectivity index (χ4n) is 2.29. The fraction of sp³-hybridized carbons (Fsp3) is 0.588. The number of hydrogen-bond donors (Lipinski definition) is 2. The van der Waals surface area contributed by atoms with Crippen molar-refractivity contribution >= 4 is 5.84 Å². The highest BCUT2D eigenvalue weighted by atomic mass is 16.4. The zero-order valence-corrected chi connectivity index (χ0v) is 13.5. The minimum atomic E-state index is -0.225. The molecular weight excluding hydrogens is 262 g/mol. The summed E-state index contributed by atoms with van der Waals surface area (Å²) in [5, 5.41) is 11.9. The number of hydrogen-bond acceptors (Lipinski definition) is 3. The normalized spacial score (nSPS) is 12.9. The first-order valence-electron chi connectivity index (χ1n) is 7.66. The molecule has 0 spiro atoms. The largest absolute Gasteiger partial charge is 0.409 e. The van der Waals surface area contributed by atoms with Gasteiger partial charge in [-0.25, -0.2) is 0 Å². The molecule has 3 N–H and O–H groups in total. The average molecular weight is 291 g/mol. The molecule has 0 atom stereocenters. The van der Waals surface area contributed by atoms with Gasteiger partial charge in [-0.1, -0.05) is 55.8 Å². The van der Waals surface area contributed by atoms with E-state index in [-0.39, 0.29) is 5.41 Å². The van der Waals surface area contributed by atoms with Crippen LogP contribution in [0.25, 0.3) is 0 Å². The van der Waals surface area contributed by atoms with Crippen molar-refractivity contribution in [3.63, 3.8) is 0 Å². The number of nitrogens with zero attached hydrogens (tertiary/aromatic N) is 2. The molecular formula is C17H29N3O. The number of rotatable bonds is 9. The van der Waals surface area contributed by atoms with Crippen LogP contribution in [-0.2, 0) is 6.42 Å². The van der Waals surface area contributed by atoms with Crippen molar-refractivity contribution in [1.82, 2.24) is 4.90 Å². The van der Waals surface area contributed by atoms with Gasteiger partial charge in [0, 0.05) is 12.0 Å². The Hall–Kier alpha value is -1.55. The molecule has 0 aromatic heterocycles. The van der Waals surface area contributed by atoms with E-state index in [4.69, 9.17) is 10.9 Å². The van der Waals surface area contributed by atoms with Crippen LogP contribution in [0.15, 0.2) is 35.5 Å². The Morgan fingerprint density at radius 2 is 1.86 bits per heavy atom. The Bertz CT molecular complexity index is 429. The lowest BCUT2D eigenvalue weighted by Gasteiger charge is -2.23. The molecule has 4 nitrogen and oxygen atoms in total. The zero-order chi connectivity index (χ0) is 15.7. The number of nitrogens with two attached hydrogens (primary N) is 1. The molecule has 1 aromatic carbocycles. The van der Waals surface area contributed by atoms with E-state index in [2.05, 4.69) is 47.4 Å². The zero-order valence-electron chi connectivity index (χ0n) is 13.5. The maximum atomic E-state index is 8.75. The van der Waals surface area contributed by atoms with Gasteiger partial charge in [0.05, 0.1) is 0 Å². The van der Waals surface area contributed by atoms with Crippen LogP contribution in [-0.4, -0.2) is 36.1 Å². The summed E-state index contributed by atoms with van der Waals surface area (Å²) in [6, 6.07) is 10.6. The van der Waals surface area contributed by atoms with Crippen LogP contribution in [0.3, 0.4) is 0 Å². The summed E-state index contributed by atoms with van der Waals surface area (Å²) in [4.78, 5) is 2.36. The number of likely N-dealkylation sites (N-methyl/N-ethyl adjacent to an activating group) is 1. The molecule has 1 aromatic rings. The number of oxime groups is 1. The van der Waals surface area contributed by atoms with Gasteiger partial charge in [0.25, 0.3) is 0 Å². The summed E-state index contributed by atoms with van der Waals surface area (Å²) >= 11 is 0. The first-order valence-corrected chi connectivity index (χ1v) is 7.66. The Balaban J connectivity index is 2.18. The average Bonchev–Trinajstić information content (AvgIpc) is 2.49. The van der Waals surface area contributed by atoms with Gasteiger partial charge in [-0.05, 0) is 38.4 Å². The van der Waals surface area contributed by atoms with E-state index < -0.39 is 0 Å². The lowest BCUT2D eigenvalue weighted by molar-refractivity contribution is 0.298. The molecule has 0 saturated carbocycles. The van der Waals surface area contributed by atoms with Crippen molar-refractivity contribution in [2.75, 3.05) is 20.1 Å². The van der Waals surface area contributed by atoms with E-state index in [1.54, 1.807) is 0 Å². The molecule has 0 amide bonds. The molecule has 0 aliphatic rings. The van der Waals surface area contributed by atoms with Gasteiger partial charge in [-0.15, -0.1) is 0 Å². The van der Waals surface area contributed by atoms with Gasteiger partial charge in [-0.3, -0.25) is 0 Å². The van der Waals surface area contributed by atoms with Crippen molar-refractivity contribution in [1.29, 1.82) is 0 Å². The van der Waals surface area contributed by atoms with E-state index in [0.29, 0.717) is 5.84 Å². The van der Waals surface area contributed by atoms with Crippen molar-refractivity contribution in [2.24, 2.45) is 16.3 Å². The summed E-state index contributed by atoms with van der Waals surface area (Å²) in [6.07, 6.45) is 4.24. The summed E-state index contributed by atoms with van der Waals surface area (Å²) in [7, 11) is 2.16. The number of unbranched alkanes of at least 4 members (excludes halogenated alkanes) is 1. The summed E-state index contributed by atoms with van der Waals surface area (Å²) in [6.45, 7) is 6.19. The van der Waals surface area contributed by atoms with Crippen molar-refractivity contribution in [3.8, 4) is 0 Å². The quantitative estimate of drug-likeness (QED) is 0.242. The van der Waals surface area contributed by atoms with Gasteiger partial charge in [0.15, 0.2) is 0 Å². The topological polar surface area (TPSA) is 61.8 Å². The molecule has 0 aliphatic heterocycles. The minimum Gasteiger partial charge on any atom is -0.409 e. The smallest absolute Gasteiger partial charge is 0.144 e. The monoisotopic (exact) mass is 291 g/mol. The first-order chi connectivity index (χ1) is 9.95. The highest BCUT2D eigenvalue weighted by molar-refractivity contribution is 5.85. The summed E-state index contributed by atoms with van der Waals surface area (Å²) in [5.41, 5.74) is 6.86. The molecule has 0 saturated heterocycles. The molecule has 0 fully saturated rings. The van der Waals surface area contributed by atoms with E-state index >= 15 is 0 Å². The second-order valence-corrected chi connectivity index (χ2v) is 6.37. The Morgan fingerprint density at radius 3 is 2.48 bits per heavy atom. The first kappa shape index (κ1) is 17.5. The van der Waals surface area contributed by atoms with Gasteiger partial charge in [-0.2, -0.15) is 0 Å². The predicted octanol–water partition coefficient (Wildman–Crippen LogP) is 3.10. The van der Waals surface area contributed by atoms with Gasteiger partial charge in [0.2, 0.25) is 0 Å². The summed E-state index contributed by atoms with van der Waals surface area (Å²) < 4.78 is 0. The highest BCUT2D eigenvalue weighted by Crippen LogP contribution is 2.23. The van der Waals surface area contributed by atoms with Gasteiger partial charge >= 0.3 is 0 Å². The van der Waals surface area contributed by atoms with E-state index in [1.807, 2.05) is 13.8 Å². The molecule has 4 heteroatoms. The molecule has 0 radical (unpaired) electrons. The van der Waals surface area contributed by atoms with Crippen LogP contribution < -0.4 is 5.73 Å². The second-order valence-electron chi connectivity index (χ2n) is 6.37. The van der Waals surface area contributed by atoms with Crippen LogP contribution in [0, 0.1) is 5.41 Å². The molecule has 0 bridgehead atoms. The molecule has 0 heterocycles. The van der Waals surface area contributed by atoms with Gasteiger partial charge in [0.1, 0.15) is 5.84 Å².